The molecule has 0 aliphatic rings. The molecule has 4 rings (SSSR count). The minimum atomic E-state index is -0.444. The van der Waals surface area contributed by atoms with Crippen molar-refractivity contribution >= 4 is 17.2 Å². The Morgan fingerprint density at radius 1 is 1.13 bits per heavy atom. The van der Waals surface area contributed by atoms with E-state index in [1.54, 1.807) is 0 Å². The molecule has 152 valence electrons. The molecule has 30 heavy (non-hydrogen) atoms. The van der Waals surface area contributed by atoms with Crippen molar-refractivity contribution < 1.29 is 9.53 Å². The first-order chi connectivity index (χ1) is 14.6. The summed E-state index contributed by atoms with van der Waals surface area (Å²) in [4.78, 5) is 29.5. The minimum absolute atomic E-state index is 0.194. The van der Waals surface area contributed by atoms with Crippen LogP contribution in [0.2, 0.25) is 0 Å². The number of para-hydroxylation sites is 2. The number of anilines is 1. The molecule has 0 bridgehead atoms. The molecule has 0 aliphatic heterocycles. The molecule has 0 saturated carbocycles. The van der Waals surface area contributed by atoms with Crippen molar-refractivity contribution in [1.29, 1.82) is 0 Å². The second-order valence-electron chi connectivity index (χ2n) is 6.79. The normalized spacial score (nSPS) is 10.9. The van der Waals surface area contributed by atoms with E-state index in [1.165, 1.54) is 16.8 Å². The Labute approximate surface area is 172 Å². The third-order valence-electron chi connectivity index (χ3n) is 4.74. The first-order valence-corrected chi connectivity index (χ1v) is 9.62. The summed E-state index contributed by atoms with van der Waals surface area (Å²) in [6, 6.07) is 15.1. The maximum absolute atomic E-state index is 12.7. The van der Waals surface area contributed by atoms with Gasteiger partial charge in [0.05, 0.1) is 0 Å². The van der Waals surface area contributed by atoms with Gasteiger partial charge in [-0.2, -0.15) is 0 Å². The minimum Gasteiger partial charge on any atom is -0.436 e. The van der Waals surface area contributed by atoms with E-state index in [0.29, 0.717) is 5.75 Å². The van der Waals surface area contributed by atoms with Gasteiger partial charge in [-0.1, -0.05) is 43.3 Å². The van der Waals surface area contributed by atoms with Crippen molar-refractivity contribution in [3.8, 4) is 11.6 Å². The van der Waals surface area contributed by atoms with Crippen LogP contribution in [0.3, 0.4) is 0 Å². The fourth-order valence-corrected chi connectivity index (χ4v) is 3.15. The number of carbonyl (C=O) groups excluding carboxylic acids is 1. The second-order valence-corrected chi connectivity index (χ2v) is 6.79. The number of rotatable bonds is 6. The van der Waals surface area contributed by atoms with Crippen molar-refractivity contribution in [3.05, 3.63) is 82.5 Å². The van der Waals surface area contributed by atoms with E-state index >= 15 is 0 Å². The fraction of sp³-hybridized carbons (Fsp3) is 0.182. The zero-order chi connectivity index (χ0) is 21.1. The zero-order valence-corrected chi connectivity index (χ0v) is 16.7. The number of amides is 1. The van der Waals surface area contributed by atoms with E-state index in [9.17, 15) is 9.59 Å². The molecule has 8 nitrogen and oxygen atoms in total. The van der Waals surface area contributed by atoms with Crippen LogP contribution in [-0.2, 0) is 17.8 Å². The van der Waals surface area contributed by atoms with Gasteiger partial charge in [0, 0.05) is 18.1 Å². The summed E-state index contributed by atoms with van der Waals surface area (Å²) in [5.74, 6) is 0.476. The number of nitrogens with one attached hydrogen (secondary N) is 1. The molecule has 2 aromatic heterocycles. The Hall–Kier alpha value is -3.94. The topological polar surface area (TPSA) is 90.5 Å². The Kier molecular flexibility index (Phi) is 5.30. The molecule has 2 aromatic carbocycles. The van der Waals surface area contributed by atoms with Gasteiger partial charge in [-0.05, 0) is 36.6 Å². The number of carbonyl (C=O) groups is 1. The van der Waals surface area contributed by atoms with Crippen LogP contribution >= 0.6 is 0 Å². The Morgan fingerprint density at radius 3 is 2.70 bits per heavy atom. The Balaban J connectivity index is 1.61. The maximum Gasteiger partial charge on any atom is 0.351 e. The summed E-state index contributed by atoms with van der Waals surface area (Å²) >= 11 is 0. The summed E-state index contributed by atoms with van der Waals surface area (Å²) in [7, 11) is 0. The third-order valence-corrected chi connectivity index (χ3v) is 4.74. The molecule has 1 amide bonds. The molecular formula is C22H21N5O3. The molecule has 2 heterocycles. The van der Waals surface area contributed by atoms with Crippen molar-refractivity contribution in [2.75, 3.05) is 5.32 Å². The van der Waals surface area contributed by atoms with Gasteiger partial charge < -0.3 is 10.1 Å². The largest absolute Gasteiger partial charge is 0.436 e. The SMILES string of the molecule is CCc1ccccc1NC(=O)Cn1nc2c(Oc3ccccc3C)nccn2c1=O. The first kappa shape index (κ1) is 19.4. The van der Waals surface area contributed by atoms with Gasteiger partial charge in [0.1, 0.15) is 12.3 Å². The predicted molar refractivity (Wildman–Crippen MR) is 113 cm³/mol. The molecule has 0 atom stereocenters. The molecule has 0 aliphatic carbocycles. The zero-order valence-electron chi connectivity index (χ0n) is 16.7. The molecule has 0 radical (unpaired) electrons. The maximum atomic E-state index is 12.7. The van der Waals surface area contributed by atoms with E-state index in [0.717, 1.165) is 27.9 Å². The lowest BCUT2D eigenvalue weighted by molar-refractivity contribution is -0.117. The van der Waals surface area contributed by atoms with Gasteiger partial charge in [-0.15, -0.1) is 5.10 Å². The van der Waals surface area contributed by atoms with Crippen LogP contribution in [0.15, 0.2) is 65.7 Å². The molecule has 0 saturated heterocycles. The van der Waals surface area contributed by atoms with E-state index in [4.69, 9.17) is 4.74 Å². The molecule has 8 heteroatoms. The number of nitrogens with zero attached hydrogens (tertiary/aromatic N) is 4. The van der Waals surface area contributed by atoms with E-state index in [-0.39, 0.29) is 24.0 Å². The van der Waals surface area contributed by atoms with Gasteiger partial charge in [0.15, 0.2) is 0 Å². The number of ether oxygens (including phenoxy) is 1. The molecule has 0 spiro atoms. The highest BCUT2D eigenvalue weighted by atomic mass is 16.5. The Bertz CT molecular complexity index is 1280. The fourth-order valence-electron chi connectivity index (χ4n) is 3.15. The number of aromatic nitrogens is 4. The van der Waals surface area contributed by atoms with Crippen LogP contribution in [-0.4, -0.2) is 25.1 Å². The van der Waals surface area contributed by atoms with Gasteiger partial charge in [-0.3, -0.25) is 4.79 Å². The highest BCUT2D eigenvalue weighted by molar-refractivity contribution is 5.91. The van der Waals surface area contributed by atoms with Crippen LogP contribution in [0.5, 0.6) is 11.6 Å². The molecule has 0 fully saturated rings. The third kappa shape index (κ3) is 3.80. The van der Waals surface area contributed by atoms with Crippen LogP contribution in [0.25, 0.3) is 5.65 Å². The molecule has 1 N–H and O–H groups in total. The Morgan fingerprint density at radius 2 is 1.90 bits per heavy atom. The summed E-state index contributed by atoms with van der Waals surface area (Å²) < 4.78 is 8.29. The summed E-state index contributed by atoms with van der Waals surface area (Å²) in [6.07, 6.45) is 3.75. The molecule has 0 unspecified atom stereocenters. The van der Waals surface area contributed by atoms with Gasteiger partial charge in [0.2, 0.25) is 11.6 Å². The van der Waals surface area contributed by atoms with E-state index < -0.39 is 5.69 Å². The molecule has 4 aromatic rings. The van der Waals surface area contributed by atoms with Crippen LogP contribution in [0.1, 0.15) is 18.1 Å². The van der Waals surface area contributed by atoms with Gasteiger partial charge in [0.25, 0.3) is 5.88 Å². The van der Waals surface area contributed by atoms with Crippen LogP contribution in [0.4, 0.5) is 5.69 Å². The van der Waals surface area contributed by atoms with Crippen LogP contribution in [0, 0.1) is 6.92 Å². The van der Waals surface area contributed by atoms with Crippen molar-refractivity contribution in [2.24, 2.45) is 0 Å². The summed E-state index contributed by atoms with van der Waals surface area (Å²) in [5, 5.41) is 7.13. The quantitative estimate of drug-likeness (QED) is 0.534. The van der Waals surface area contributed by atoms with Crippen molar-refractivity contribution in [1.82, 2.24) is 19.2 Å². The first-order valence-electron chi connectivity index (χ1n) is 9.62. The number of hydrogen-bond donors (Lipinski definition) is 1. The lowest BCUT2D eigenvalue weighted by Gasteiger charge is -2.09. The summed E-state index contributed by atoms with van der Waals surface area (Å²) in [6.45, 7) is 3.71. The number of aryl methyl sites for hydroxylation is 2. The number of fused-ring (bicyclic) bond motifs is 1. The standard InChI is InChI=1S/C22H21N5O3/c1-3-16-9-5-6-10-17(16)24-19(28)14-27-22(29)26-13-12-23-21(20(26)25-27)30-18-11-7-4-8-15(18)2/h4-13H,3,14H2,1-2H3,(H,24,28). The monoisotopic (exact) mass is 403 g/mol. The smallest absolute Gasteiger partial charge is 0.351 e. The van der Waals surface area contributed by atoms with Crippen molar-refractivity contribution in [2.45, 2.75) is 26.8 Å². The highest BCUT2D eigenvalue weighted by Crippen LogP contribution is 2.25. The lowest BCUT2D eigenvalue weighted by atomic mass is 10.1. The highest BCUT2D eigenvalue weighted by Gasteiger charge is 2.16. The van der Waals surface area contributed by atoms with E-state index in [1.807, 2.05) is 62.4 Å². The predicted octanol–water partition coefficient (Wildman–Crippen LogP) is 3.19. The van der Waals surface area contributed by atoms with Gasteiger partial charge >= 0.3 is 5.69 Å². The average Bonchev–Trinajstić information content (AvgIpc) is 3.06. The number of hydrogen-bond acceptors (Lipinski definition) is 5. The van der Waals surface area contributed by atoms with Gasteiger partial charge in [-0.25, -0.2) is 18.9 Å². The number of benzene rings is 2. The summed E-state index contributed by atoms with van der Waals surface area (Å²) in [5.41, 5.74) is 2.48. The molecular weight excluding hydrogens is 382 g/mol. The van der Waals surface area contributed by atoms with Crippen molar-refractivity contribution in [3.63, 3.8) is 0 Å². The lowest BCUT2D eigenvalue weighted by Crippen LogP contribution is -2.28. The van der Waals surface area contributed by atoms with Crippen LogP contribution < -0.4 is 15.7 Å². The van der Waals surface area contributed by atoms with E-state index in [2.05, 4.69) is 15.4 Å². The second kappa shape index (κ2) is 8.20. The average molecular weight is 403 g/mol.